The number of amides is 1. The van der Waals surface area contributed by atoms with Crippen LogP contribution in [0.5, 0.6) is 0 Å². The first-order chi connectivity index (χ1) is 8.20. The lowest BCUT2D eigenvalue weighted by Gasteiger charge is -2.21. The predicted molar refractivity (Wildman–Crippen MR) is 65.0 cm³/mol. The largest absolute Gasteiger partial charge is 0.346 e. The maximum absolute atomic E-state index is 12.2. The van der Waals surface area contributed by atoms with Crippen LogP contribution < -0.4 is 0 Å². The minimum absolute atomic E-state index is 0.0610. The summed E-state index contributed by atoms with van der Waals surface area (Å²) in [6.07, 6.45) is 0.737. The summed E-state index contributed by atoms with van der Waals surface area (Å²) in [6, 6.07) is 0. The third kappa shape index (κ3) is 2.01. The van der Waals surface area contributed by atoms with E-state index in [1.807, 2.05) is 5.38 Å². The molecule has 0 radical (unpaired) electrons. The second kappa shape index (κ2) is 4.31. The Morgan fingerprint density at radius 2 is 2.29 bits per heavy atom. The molecule has 3 rings (SSSR count). The highest BCUT2D eigenvalue weighted by Gasteiger charge is 2.45. The Kier molecular flexibility index (Phi) is 2.94. The molecular weight excluding hydrogens is 308 g/mol. The zero-order valence-corrected chi connectivity index (χ0v) is 11.4. The van der Waals surface area contributed by atoms with Crippen molar-refractivity contribution in [1.82, 2.24) is 9.27 Å². The van der Waals surface area contributed by atoms with Gasteiger partial charge in [-0.15, -0.1) is 0 Å². The van der Waals surface area contributed by atoms with Crippen molar-refractivity contribution in [1.29, 1.82) is 0 Å². The molecule has 0 bridgehead atoms. The molecule has 0 N–H and O–H groups in total. The number of halogens is 1. The molecule has 1 aromatic heterocycles. The van der Waals surface area contributed by atoms with Gasteiger partial charge in [-0.3, -0.25) is 4.79 Å². The molecule has 5 nitrogen and oxygen atoms in total. The topological polar surface area (TPSA) is 51.7 Å². The Balaban J connectivity index is 1.75. The monoisotopic (exact) mass is 318 g/mol. The Morgan fingerprint density at radius 1 is 1.53 bits per heavy atom. The number of hydrogen-bond donors (Lipinski definition) is 0. The van der Waals surface area contributed by atoms with Crippen LogP contribution in [0.25, 0.3) is 0 Å². The first-order valence-electron chi connectivity index (χ1n) is 5.37. The Hall–Kier alpha value is -0.500. The molecule has 3 heterocycles. The predicted octanol–water partition coefficient (Wildman–Crippen LogP) is 1.49. The molecule has 92 valence electrons. The molecule has 0 unspecified atom stereocenters. The minimum atomic E-state index is -0.557. The summed E-state index contributed by atoms with van der Waals surface area (Å²) < 4.78 is 16.0. The van der Waals surface area contributed by atoms with E-state index >= 15 is 0 Å². The molecule has 0 aliphatic carbocycles. The van der Waals surface area contributed by atoms with Gasteiger partial charge < -0.3 is 14.4 Å². The van der Waals surface area contributed by atoms with Gasteiger partial charge in [0.25, 0.3) is 5.91 Å². The van der Waals surface area contributed by atoms with Gasteiger partial charge in [0.2, 0.25) is 0 Å². The standard InChI is InChI=1S/C10H11BrN2O3S/c11-7-5-17-12-8(7)9(14)13-2-1-10(6-13)15-3-4-16-10/h5H,1-4,6H2. The van der Waals surface area contributed by atoms with Crippen molar-refractivity contribution in [3.63, 3.8) is 0 Å². The van der Waals surface area contributed by atoms with E-state index in [-0.39, 0.29) is 5.91 Å². The van der Waals surface area contributed by atoms with Crippen LogP contribution in [0.2, 0.25) is 0 Å². The van der Waals surface area contributed by atoms with Gasteiger partial charge in [0.1, 0.15) is 0 Å². The molecule has 2 fully saturated rings. The van der Waals surface area contributed by atoms with Gasteiger partial charge in [0.15, 0.2) is 11.5 Å². The van der Waals surface area contributed by atoms with Crippen molar-refractivity contribution in [3.8, 4) is 0 Å². The lowest BCUT2D eigenvalue weighted by Crippen LogP contribution is -2.37. The lowest BCUT2D eigenvalue weighted by atomic mass is 10.2. The zero-order chi connectivity index (χ0) is 11.9. The number of ether oxygens (including phenoxy) is 2. The molecule has 1 aromatic rings. The fourth-order valence-corrected chi connectivity index (χ4v) is 3.34. The SMILES string of the molecule is O=C(c1nscc1Br)N1CCC2(C1)OCCO2. The molecule has 2 aliphatic heterocycles. The van der Waals surface area contributed by atoms with Gasteiger partial charge in [0.05, 0.1) is 24.2 Å². The van der Waals surface area contributed by atoms with E-state index in [9.17, 15) is 4.79 Å². The molecule has 0 atom stereocenters. The van der Waals surface area contributed by atoms with Gasteiger partial charge >= 0.3 is 0 Å². The number of carbonyl (C=O) groups excluding carboxylic acids is 1. The molecule has 17 heavy (non-hydrogen) atoms. The van der Waals surface area contributed by atoms with E-state index in [1.54, 1.807) is 4.90 Å². The summed E-state index contributed by atoms with van der Waals surface area (Å²) in [5.74, 6) is -0.618. The second-order valence-electron chi connectivity index (χ2n) is 4.10. The average molecular weight is 319 g/mol. The van der Waals surface area contributed by atoms with Gasteiger partial charge in [-0.05, 0) is 27.5 Å². The van der Waals surface area contributed by atoms with Gasteiger partial charge in [-0.2, -0.15) is 4.37 Å². The van der Waals surface area contributed by atoms with Crippen LogP contribution in [0, 0.1) is 0 Å². The highest BCUT2D eigenvalue weighted by Crippen LogP contribution is 2.32. The lowest BCUT2D eigenvalue weighted by molar-refractivity contribution is -0.143. The molecule has 1 amide bonds. The summed E-state index contributed by atoms with van der Waals surface area (Å²) in [4.78, 5) is 13.9. The molecule has 0 aromatic carbocycles. The van der Waals surface area contributed by atoms with Crippen molar-refractivity contribution in [2.45, 2.75) is 12.2 Å². The summed E-state index contributed by atoms with van der Waals surface area (Å²) in [5, 5.41) is 1.81. The number of rotatable bonds is 1. The van der Waals surface area contributed by atoms with Gasteiger partial charge in [-0.25, -0.2) is 0 Å². The maximum Gasteiger partial charge on any atom is 0.274 e. The molecule has 2 aliphatic rings. The number of carbonyl (C=O) groups is 1. The normalized spacial score (nSPS) is 22.5. The third-order valence-corrected chi connectivity index (χ3v) is 4.56. The van der Waals surface area contributed by atoms with E-state index in [0.29, 0.717) is 32.0 Å². The highest BCUT2D eigenvalue weighted by molar-refractivity contribution is 9.10. The summed E-state index contributed by atoms with van der Waals surface area (Å²) in [7, 11) is 0. The van der Waals surface area contributed by atoms with E-state index < -0.39 is 5.79 Å². The third-order valence-electron chi connectivity index (χ3n) is 3.02. The summed E-state index contributed by atoms with van der Waals surface area (Å²) in [5.41, 5.74) is 0.477. The van der Waals surface area contributed by atoms with E-state index in [1.165, 1.54) is 11.5 Å². The highest BCUT2D eigenvalue weighted by atomic mass is 79.9. The van der Waals surface area contributed by atoms with Crippen LogP contribution in [-0.2, 0) is 9.47 Å². The van der Waals surface area contributed by atoms with Crippen LogP contribution in [0.4, 0.5) is 0 Å². The van der Waals surface area contributed by atoms with Crippen molar-refractivity contribution in [3.05, 3.63) is 15.5 Å². The fourth-order valence-electron chi connectivity index (χ4n) is 2.18. The van der Waals surface area contributed by atoms with Gasteiger partial charge in [0, 0.05) is 18.3 Å². The van der Waals surface area contributed by atoms with Crippen molar-refractivity contribution >= 4 is 33.4 Å². The Bertz CT molecular complexity index is 445. The van der Waals surface area contributed by atoms with Crippen molar-refractivity contribution < 1.29 is 14.3 Å². The molecule has 1 spiro atoms. The Morgan fingerprint density at radius 3 is 2.94 bits per heavy atom. The molecular formula is C10H11BrN2O3S. The van der Waals surface area contributed by atoms with Crippen LogP contribution in [0.15, 0.2) is 9.85 Å². The van der Waals surface area contributed by atoms with E-state index in [4.69, 9.17) is 9.47 Å². The summed E-state index contributed by atoms with van der Waals surface area (Å²) >= 11 is 4.60. The molecule has 7 heteroatoms. The van der Waals surface area contributed by atoms with Crippen molar-refractivity contribution in [2.24, 2.45) is 0 Å². The van der Waals surface area contributed by atoms with Crippen LogP contribution >= 0.6 is 27.5 Å². The van der Waals surface area contributed by atoms with E-state index in [2.05, 4.69) is 20.3 Å². The summed E-state index contributed by atoms with van der Waals surface area (Å²) in [6.45, 7) is 2.38. The first kappa shape index (κ1) is 11.6. The van der Waals surface area contributed by atoms with Crippen molar-refractivity contribution in [2.75, 3.05) is 26.3 Å². The molecule has 2 saturated heterocycles. The Labute approximate surface area is 111 Å². The minimum Gasteiger partial charge on any atom is -0.346 e. The quantitative estimate of drug-likeness (QED) is 0.787. The maximum atomic E-state index is 12.2. The van der Waals surface area contributed by atoms with Gasteiger partial charge in [-0.1, -0.05) is 0 Å². The zero-order valence-electron chi connectivity index (χ0n) is 9.02. The van der Waals surface area contributed by atoms with Crippen LogP contribution in [0.3, 0.4) is 0 Å². The molecule has 0 saturated carbocycles. The van der Waals surface area contributed by atoms with Crippen LogP contribution in [-0.4, -0.2) is 47.3 Å². The first-order valence-corrected chi connectivity index (χ1v) is 7.00. The number of likely N-dealkylation sites (tertiary alicyclic amines) is 1. The van der Waals surface area contributed by atoms with E-state index in [0.717, 1.165) is 10.9 Å². The number of nitrogens with zero attached hydrogens (tertiary/aromatic N) is 2. The number of aromatic nitrogens is 1. The smallest absolute Gasteiger partial charge is 0.274 e. The fraction of sp³-hybridized carbons (Fsp3) is 0.600. The second-order valence-corrected chi connectivity index (χ2v) is 5.58. The number of hydrogen-bond acceptors (Lipinski definition) is 5. The average Bonchev–Trinajstić information content (AvgIpc) is 3.02. The van der Waals surface area contributed by atoms with Crippen LogP contribution in [0.1, 0.15) is 16.9 Å².